The summed E-state index contributed by atoms with van der Waals surface area (Å²) >= 11 is 0. The van der Waals surface area contributed by atoms with Gasteiger partial charge in [-0.2, -0.15) is 0 Å². The largest absolute Gasteiger partial charge is 0.490 e. The molecular weight excluding hydrogens is 515 g/mol. The van der Waals surface area contributed by atoms with Crippen molar-refractivity contribution >= 4 is 35.6 Å². The summed E-state index contributed by atoms with van der Waals surface area (Å²) in [5.41, 5.74) is 3.58. The van der Waals surface area contributed by atoms with E-state index in [1.165, 1.54) is 11.3 Å². The molecule has 3 rings (SSSR count). The van der Waals surface area contributed by atoms with Gasteiger partial charge in [0.05, 0.1) is 19.3 Å². The minimum absolute atomic E-state index is 0. The zero-order valence-corrected chi connectivity index (χ0v) is 21.8. The molecule has 1 unspecified atom stereocenters. The second-order valence-electron chi connectivity index (χ2n) is 7.41. The predicted octanol–water partition coefficient (Wildman–Crippen LogP) is 4.90. The molecule has 2 aromatic rings. The molecule has 1 heterocycles. The minimum Gasteiger partial charge on any atom is -0.490 e. The quantitative estimate of drug-likeness (QED) is 0.201. The standard InChI is InChI=1S/C25H34N4O2.HI/c1-5-30-23-14-11-21(17-24(23)31-6-2)19(3)28-25(26-4)27-18-20-9-12-22(13-10-20)29-15-7-8-16-29;/h7-14,17,19H,5-6,15-16,18H2,1-4H3,(H2,26,27,28);1H. The maximum absolute atomic E-state index is 5.76. The van der Waals surface area contributed by atoms with Crippen molar-refractivity contribution in [1.29, 1.82) is 0 Å². The first kappa shape index (κ1) is 25.8. The third kappa shape index (κ3) is 7.05. The van der Waals surface area contributed by atoms with Crippen molar-refractivity contribution in [3.05, 3.63) is 65.7 Å². The third-order valence-electron chi connectivity index (χ3n) is 5.22. The number of nitrogens with zero attached hydrogens (tertiary/aromatic N) is 2. The first-order valence-electron chi connectivity index (χ1n) is 11.0. The smallest absolute Gasteiger partial charge is 0.191 e. The van der Waals surface area contributed by atoms with Crippen LogP contribution in [-0.4, -0.2) is 39.3 Å². The highest BCUT2D eigenvalue weighted by Gasteiger charge is 2.13. The monoisotopic (exact) mass is 550 g/mol. The molecule has 0 aliphatic carbocycles. The van der Waals surface area contributed by atoms with Crippen LogP contribution in [0.1, 0.15) is 37.9 Å². The second kappa shape index (κ2) is 13.2. The number of ether oxygens (including phenoxy) is 2. The molecule has 2 aromatic carbocycles. The van der Waals surface area contributed by atoms with E-state index in [-0.39, 0.29) is 30.0 Å². The van der Waals surface area contributed by atoms with Gasteiger partial charge in [-0.15, -0.1) is 24.0 Å². The van der Waals surface area contributed by atoms with Gasteiger partial charge in [-0.1, -0.05) is 30.4 Å². The van der Waals surface area contributed by atoms with E-state index in [9.17, 15) is 0 Å². The first-order valence-corrected chi connectivity index (χ1v) is 11.0. The van der Waals surface area contributed by atoms with Crippen LogP contribution in [0.3, 0.4) is 0 Å². The summed E-state index contributed by atoms with van der Waals surface area (Å²) < 4.78 is 11.4. The number of hydrogen-bond acceptors (Lipinski definition) is 4. The van der Waals surface area contributed by atoms with Gasteiger partial charge in [0, 0.05) is 32.4 Å². The first-order chi connectivity index (χ1) is 15.1. The van der Waals surface area contributed by atoms with Gasteiger partial charge in [0.15, 0.2) is 17.5 Å². The van der Waals surface area contributed by atoms with Crippen LogP contribution in [0.4, 0.5) is 5.69 Å². The van der Waals surface area contributed by atoms with Crippen LogP contribution in [0, 0.1) is 0 Å². The van der Waals surface area contributed by atoms with Gasteiger partial charge in [0.2, 0.25) is 0 Å². The van der Waals surface area contributed by atoms with Gasteiger partial charge in [-0.25, -0.2) is 0 Å². The summed E-state index contributed by atoms with van der Waals surface area (Å²) in [6.07, 6.45) is 4.40. The van der Waals surface area contributed by atoms with Crippen LogP contribution in [-0.2, 0) is 6.54 Å². The van der Waals surface area contributed by atoms with Gasteiger partial charge in [-0.3, -0.25) is 4.99 Å². The van der Waals surface area contributed by atoms with Crippen LogP contribution in [0.2, 0.25) is 0 Å². The number of guanidine groups is 1. The van der Waals surface area contributed by atoms with Crippen molar-refractivity contribution in [2.75, 3.05) is 38.3 Å². The number of aliphatic imine (C=N–C) groups is 1. The Kier molecular flexibility index (Phi) is 10.7. The molecular formula is C25H35IN4O2. The average molecular weight is 550 g/mol. The number of benzene rings is 2. The lowest BCUT2D eigenvalue weighted by Crippen LogP contribution is -2.38. The summed E-state index contributed by atoms with van der Waals surface area (Å²) in [7, 11) is 1.79. The molecule has 0 saturated heterocycles. The van der Waals surface area contributed by atoms with Gasteiger partial charge in [0.25, 0.3) is 0 Å². The molecule has 0 bridgehead atoms. The van der Waals surface area contributed by atoms with E-state index in [2.05, 4.69) is 69.9 Å². The normalized spacial score (nSPS) is 14.0. The summed E-state index contributed by atoms with van der Waals surface area (Å²) in [5, 5.41) is 6.86. The highest BCUT2D eigenvalue weighted by molar-refractivity contribution is 14.0. The minimum atomic E-state index is 0. The lowest BCUT2D eigenvalue weighted by atomic mass is 10.1. The van der Waals surface area contributed by atoms with Gasteiger partial charge in [0.1, 0.15) is 0 Å². The third-order valence-corrected chi connectivity index (χ3v) is 5.22. The molecule has 1 aliphatic rings. The fraction of sp³-hybridized carbons (Fsp3) is 0.400. The molecule has 32 heavy (non-hydrogen) atoms. The van der Waals surface area contributed by atoms with E-state index in [0.717, 1.165) is 36.1 Å². The van der Waals surface area contributed by atoms with Crippen molar-refractivity contribution in [3.63, 3.8) is 0 Å². The van der Waals surface area contributed by atoms with Crippen molar-refractivity contribution in [1.82, 2.24) is 10.6 Å². The summed E-state index contributed by atoms with van der Waals surface area (Å²) in [4.78, 5) is 6.72. The molecule has 0 saturated carbocycles. The van der Waals surface area contributed by atoms with E-state index in [1.807, 2.05) is 26.0 Å². The summed E-state index contributed by atoms with van der Waals surface area (Å²) in [6, 6.07) is 14.8. The van der Waals surface area contributed by atoms with E-state index in [1.54, 1.807) is 7.05 Å². The molecule has 2 N–H and O–H groups in total. The van der Waals surface area contributed by atoms with Gasteiger partial charge in [-0.05, 0) is 56.2 Å². The van der Waals surface area contributed by atoms with Crippen molar-refractivity contribution < 1.29 is 9.47 Å². The fourth-order valence-corrected chi connectivity index (χ4v) is 3.52. The predicted molar refractivity (Wildman–Crippen MR) is 144 cm³/mol. The van der Waals surface area contributed by atoms with E-state index >= 15 is 0 Å². The topological polar surface area (TPSA) is 58.1 Å². The number of rotatable bonds is 9. The maximum atomic E-state index is 5.76. The number of nitrogens with one attached hydrogen (secondary N) is 2. The van der Waals surface area contributed by atoms with Crippen molar-refractivity contribution in [2.45, 2.75) is 33.4 Å². The van der Waals surface area contributed by atoms with Crippen molar-refractivity contribution in [3.8, 4) is 11.5 Å². The Morgan fingerprint density at radius 1 is 1.00 bits per heavy atom. The highest BCUT2D eigenvalue weighted by Crippen LogP contribution is 2.30. The van der Waals surface area contributed by atoms with Crippen LogP contribution < -0.4 is 25.0 Å². The molecule has 7 heteroatoms. The molecule has 0 aromatic heterocycles. The SMILES string of the molecule is CCOc1ccc(C(C)NC(=NC)NCc2ccc(N3CC=CC3)cc2)cc1OCC.I. The Hall–Kier alpha value is -2.42. The van der Waals surface area contributed by atoms with Crippen molar-refractivity contribution in [2.24, 2.45) is 4.99 Å². The van der Waals surface area contributed by atoms with Gasteiger partial charge < -0.3 is 25.0 Å². The van der Waals surface area contributed by atoms with Crippen LogP contribution in [0.25, 0.3) is 0 Å². The Labute approximate surface area is 209 Å². The van der Waals surface area contributed by atoms with Crippen LogP contribution >= 0.6 is 24.0 Å². The van der Waals surface area contributed by atoms with E-state index in [0.29, 0.717) is 19.8 Å². The maximum Gasteiger partial charge on any atom is 0.191 e. The van der Waals surface area contributed by atoms with Crippen LogP contribution in [0.5, 0.6) is 11.5 Å². The Morgan fingerprint density at radius 3 is 2.28 bits per heavy atom. The Bertz CT molecular complexity index is 891. The molecule has 0 radical (unpaired) electrons. The number of hydrogen-bond donors (Lipinski definition) is 2. The van der Waals surface area contributed by atoms with Gasteiger partial charge >= 0.3 is 0 Å². The fourth-order valence-electron chi connectivity index (χ4n) is 3.52. The molecule has 1 atom stereocenters. The molecule has 0 amide bonds. The lowest BCUT2D eigenvalue weighted by molar-refractivity contribution is 0.287. The second-order valence-corrected chi connectivity index (χ2v) is 7.41. The Balaban J connectivity index is 0.00000363. The van der Waals surface area contributed by atoms with E-state index < -0.39 is 0 Å². The van der Waals surface area contributed by atoms with E-state index in [4.69, 9.17) is 9.47 Å². The summed E-state index contributed by atoms with van der Waals surface area (Å²) in [5.74, 6) is 2.30. The molecule has 6 nitrogen and oxygen atoms in total. The molecule has 0 spiro atoms. The Morgan fingerprint density at radius 2 is 1.66 bits per heavy atom. The lowest BCUT2D eigenvalue weighted by Gasteiger charge is -2.20. The zero-order valence-electron chi connectivity index (χ0n) is 19.4. The number of halogens is 1. The molecule has 174 valence electrons. The molecule has 1 aliphatic heterocycles. The summed E-state index contributed by atoms with van der Waals surface area (Å²) in [6.45, 7) is 9.95. The van der Waals surface area contributed by atoms with Crippen LogP contribution in [0.15, 0.2) is 59.6 Å². The zero-order chi connectivity index (χ0) is 22.1. The average Bonchev–Trinajstić information content (AvgIpc) is 3.33. The molecule has 0 fully saturated rings. The number of anilines is 1. The highest BCUT2D eigenvalue weighted by atomic mass is 127.